The van der Waals surface area contributed by atoms with Gasteiger partial charge in [-0.3, -0.25) is 9.59 Å². The fourth-order valence-corrected chi connectivity index (χ4v) is 3.80. The van der Waals surface area contributed by atoms with E-state index in [2.05, 4.69) is 30.4 Å². The monoisotopic (exact) mass is 354 g/mol. The van der Waals surface area contributed by atoms with Crippen molar-refractivity contribution >= 4 is 35.0 Å². The van der Waals surface area contributed by atoms with E-state index in [1.165, 1.54) is 10.5 Å². The number of rotatable bonds is 6. The van der Waals surface area contributed by atoms with Gasteiger partial charge in [-0.15, -0.1) is 11.8 Å². The fourth-order valence-electron chi connectivity index (χ4n) is 2.84. The molecule has 1 N–H and O–H groups in total. The number of nitrogens with one attached hydrogen (secondary N) is 1. The first-order valence-electron chi connectivity index (χ1n) is 8.51. The lowest BCUT2D eigenvalue weighted by atomic mass is 10.2. The summed E-state index contributed by atoms with van der Waals surface area (Å²) in [6.07, 6.45) is 2.00. The molecule has 0 aromatic heterocycles. The molecule has 130 valence electrons. The van der Waals surface area contributed by atoms with Crippen molar-refractivity contribution in [2.75, 3.05) is 22.5 Å². The van der Waals surface area contributed by atoms with Crippen LogP contribution in [-0.4, -0.2) is 24.1 Å². The molecule has 1 heterocycles. The maximum absolute atomic E-state index is 12.1. The highest BCUT2D eigenvalue weighted by Crippen LogP contribution is 2.23. The summed E-state index contributed by atoms with van der Waals surface area (Å²) >= 11 is 1.69. The number of carbonyl (C=O) groups is 2. The van der Waals surface area contributed by atoms with Crippen molar-refractivity contribution < 1.29 is 9.59 Å². The van der Waals surface area contributed by atoms with Crippen LogP contribution in [0.1, 0.15) is 24.8 Å². The Labute approximate surface area is 152 Å². The number of carbonyl (C=O) groups excluding carboxylic acids is 2. The first-order valence-corrected chi connectivity index (χ1v) is 9.50. The minimum absolute atomic E-state index is 0.00477. The number of benzene rings is 2. The van der Waals surface area contributed by atoms with Gasteiger partial charge in [-0.2, -0.15) is 0 Å². The van der Waals surface area contributed by atoms with Crippen LogP contribution in [0.25, 0.3) is 0 Å². The summed E-state index contributed by atoms with van der Waals surface area (Å²) in [4.78, 5) is 26.8. The van der Waals surface area contributed by atoms with Crippen LogP contribution in [0, 0.1) is 6.92 Å². The number of nitrogens with zero attached hydrogens (tertiary/aromatic N) is 1. The van der Waals surface area contributed by atoms with Crippen LogP contribution in [0.2, 0.25) is 0 Å². The van der Waals surface area contributed by atoms with Gasteiger partial charge in [0, 0.05) is 41.4 Å². The Morgan fingerprint density at radius 2 is 2.00 bits per heavy atom. The molecule has 1 aliphatic rings. The number of hydrogen-bond donors (Lipinski definition) is 1. The zero-order valence-corrected chi connectivity index (χ0v) is 15.1. The molecule has 25 heavy (non-hydrogen) atoms. The SMILES string of the molecule is Cc1cccc(SCCC(=O)Nc2ccc(N3CCCC3=O)cc2)c1. The van der Waals surface area contributed by atoms with E-state index in [0.717, 1.165) is 30.1 Å². The molecule has 0 bridgehead atoms. The summed E-state index contributed by atoms with van der Waals surface area (Å²) in [5.41, 5.74) is 2.89. The van der Waals surface area contributed by atoms with Crippen LogP contribution in [0.4, 0.5) is 11.4 Å². The minimum atomic E-state index is 0.00477. The molecule has 0 saturated carbocycles. The summed E-state index contributed by atoms with van der Waals surface area (Å²) in [5.74, 6) is 0.922. The second-order valence-corrected chi connectivity index (χ2v) is 7.33. The summed E-state index contributed by atoms with van der Waals surface area (Å²) in [5, 5.41) is 2.91. The molecule has 5 heteroatoms. The smallest absolute Gasteiger partial charge is 0.227 e. The molecule has 3 rings (SSSR count). The third kappa shape index (κ3) is 4.86. The van der Waals surface area contributed by atoms with Gasteiger partial charge in [0.15, 0.2) is 0 Å². The van der Waals surface area contributed by atoms with Crippen LogP contribution in [0.3, 0.4) is 0 Å². The maximum atomic E-state index is 12.1. The highest BCUT2D eigenvalue weighted by atomic mass is 32.2. The van der Waals surface area contributed by atoms with Gasteiger partial charge in [-0.05, 0) is 49.7 Å². The number of hydrogen-bond acceptors (Lipinski definition) is 3. The van der Waals surface area contributed by atoms with Crippen molar-refractivity contribution in [2.24, 2.45) is 0 Å². The van der Waals surface area contributed by atoms with Gasteiger partial charge in [0.2, 0.25) is 11.8 Å². The molecular weight excluding hydrogens is 332 g/mol. The average molecular weight is 354 g/mol. The Bertz CT molecular complexity index is 759. The summed E-state index contributed by atoms with van der Waals surface area (Å²) in [6.45, 7) is 2.84. The van der Waals surface area contributed by atoms with E-state index in [4.69, 9.17) is 0 Å². The van der Waals surface area contributed by atoms with E-state index in [-0.39, 0.29) is 11.8 Å². The standard InChI is InChI=1S/C20H22N2O2S/c1-15-4-2-5-18(14-15)25-13-11-19(23)21-16-7-9-17(10-8-16)22-12-3-6-20(22)24/h2,4-5,7-10,14H,3,6,11-13H2,1H3,(H,21,23). The van der Waals surface area contributed by atoms with Crippen LogP contribution < -0.4 is 10.2 Å². The Morgan fingerprint density at radius 1 is 1.20 bits per heavy atom. The fraction of sp³-hybridized carbons (Fsp3) is 0.300. The quantitative estimate of drug-likeness (QED) is 0.789. The predicted octanol–water partition coefficient (Wildman–Crippen LogP) is 4.24. The Kier molecular flexibility index (Phi) is 5.76. The van der Waals surface area contributed by atoms with Crippen LogP contribution in [-0.2, 0) is 9.59 Å². The van der Waals surface area contributed by atoms with Gasteiger partial charge in [0.25, 0.3) is 0 Å². The zero-order valence-electron chi connectivity index (χ0n) is 14.3. The first-order chi connectivity index (χ1) is 12.1. The molecule has 2 amide bonds. The van der Waals surface area contributed by atoms with Gasteiger partial charge in [0.1, 0.15) is 0 Å². The van der Waals surface area contributed by atoms with Gasteiger partial charge in [-0.25, -0.2) is 0 Å². The Balaban J connectivity index is 1.47. The third-order valence-corrected chi connectivity index (χ3v) is 5.12. The molecule has 1 aliphatic heterocycles. The maximum Gasteiger partial charge on any atom is 0.227 e. The molecule has 1 saturated heterocycles. The van der Waals surface area contributed by atoms with Gasteiger partial charge >= 0.3 is 0 Å². The van der Waals surface area contributed by atoms with E-state index >= 15 is 0 Å². The minimum Gasteiger partial charge on any atom is -0.326 e. The van der Waals surface area contributed by atoms with E-state index < -0.39 is 0 Å². The van der Waals surface area contributed by atoms with Crippen LogP contribution in [0.15, 0.2) is 53.4 Å². The topological polar surface area (TPSA) is 49.4 Å². The highest BCUT2D eigenvalue weighted by Gasteiger charge is 2.21. The largest absolute Gasteiger partial charge is 0.326 e. The molecule has 4 nitrogen and oxygen atoms in total. The summed E-state index contributed by atoms with van der Waals surface area (Å²) in [7, 11) is 0. The lowest BCUT2D eigenvalue weighted by Crippen LogP contribution is -2.23. The molecule has 1 fully saturated rings. The predicted molar refractivity (Wildman–Crippen MR) is 103 cm³/mol. The van der Waals surface area contributed by atoms with Crippen molar-refractivity contribution in [3.63, 3.8) is 0 Å². The number of anilines is 2. The van der Waals surface area contributed by atoms with E-state index in [0.29, 0.717) is 12.8 Å². The van der Waals surface area contributed by atoms with Crippen molar-refractivity contribution in [1.82, 2.24) is 0 Å². The van der Waals surface area contributed by atoms with E-state index in [1.807, 2.05) is 30.3 Å². The van der Waals surface area contributed by atoms with Gasteiger partial charge in [0.05, 0.1) is 0 Å². The summed E-state index contributed by atoms with van der Waals surface area (Å²) in [6, 6.07) is 15.8. The van der Waals surface area contributed by atoms with Crippen molar-refractivity contribution in [1.29, 1.82) is 0 Å². The number of thioether (sulfide) groups is 1. The Hall–Kier alpha value is -2.27. The second kappa shape index (κ2) is 8.21. The van der Waals surface area contributed by atoms with Crippen molar-refractivity contribution in [2.45, 2.75) is 31.1 Å². The third-order valence-electron chi connectivity index (χ3n) is 4.12. The van der Waals surface area contributed by atoms with Crippen LogP contribution >= 0.6 is 11.8 Å². The van der Waals surface area contributed by atoms with Gasteiger partial charge in [-0.1, -0.05) is 17.7 Å². The van der Waals surface area contributed by atoms with Crippen LogP contribution in [0.5, 0.6) is 0 Å². The zero-order chi connectivity index (χ0) is 17.6. The van der Waals surface area contributed by atoms with Crippen molar-refractivity contribution in [3.05, 3.63) is 54.1 Å². The second-order valence-electron chi connectivity index (χ2n) is 6.16. The molecule has 0 spiro atoms. The molecule has 0 radical (unpaired) electrons. The average Bonchev–Trinajstić information content (AvgIpc) is 3.02. The Morgan fingerprint density at radius 3 is 2.68 bits per heavy atom. The number of aryl methyl sites for hydroxylation is 1. The molecule has 2 aromatic carbocycles. The van der Waals surface area contributed by atoms with Crippen molar-refractivity contribution in [3.8, 4) is 0 Å². The number of amides is 2. The van der Waals surface area contributed by atoms with E-state index in [1.54, 1.807) is 16.7 Å². The van der Waals surface area contributed by atoms with Gasteiger partial charge < -0.3 is 10.2 Å². The summed E-state index contributed by atoms with van der Waals surface area (Å²) < 4.78 is 0. The molecule has 2 aromatic rings. The molecule has 0 unspecified atom stereocenters. The lowest BCUT2D eigenvalue weighted by molar-refractivity contribution is -0.117. The molecule has 0 aliphatic carbocycles. The van der Waals surface area contributed by atoms with E-state index in [9.17, 15) is 9.59 Å². The lowest BCUT2D eigenvalue weighted by Gasteiger charge is -2.16. The highest BCUT2D eigenvalue weighted by molar-refractivity contribution is 7.99. The first kappa shape index (κ1) is 17.5. The normalized spacial score (nSPS) is 14.0. The molecular formula is C20H22N2O2S. The molecule has 0 atom stereocenters.